The van der Waals surface area contributed by atoms with Crippen LogP contribution in [0.5, 0.6) is 11.5 Å². The highest BCUT2D eigenvalue weighted by Gasteiger charge is 2.23. The molecule has 1 aliphatic carbocycles. The average Bonchev–Trinajstić information content (AvgIpc) is 3.24. The van der Waals surface area contributed by atoms with Gasteiger partial charge in [-0.1, -0.05) is 25.0 Å². The first-order chi connectivity index (χ1) is 14.4. The number of rotatable bonds is 7. The molecule has 1 saturated carbocycles. The van der Waals surface area contributed by atoms with Crippen LogP contribution in [-0.2, 0) is 4.79 Å². The highest BCUT2D eigenvalue weighted by Crippen LogP contribution is 2.45. The van der Waals surface area contributed by atoms with E-state index in [9.17, 15) is 9.18 Å². The molecule has 6 heteroatoms. The minimum absolute atomic E-state index is 0.357. The Morgan fingerprint density at radius 3 is 2.20 bits per heavy atom. The van der Waals surface area contributed by atoms with E-state index in [0.717, 1.165) is 28.5 Å². The molecule has 0 amide bonds. The van der Waals surface area contributed by atoms with Crippen molar-refractivity contribution < 1.29 is 23.8 Å². The monoisotopic (exact) mass is 413 g/mol. The van der Waals surface area contributed by atoms with E-state index in [1.54, 1.807) is 14.0 Å². The molecule has 1 aliphatic rings. The Hall–Kier alpha value is -3.02. The topological polar surface area (TPSA) is 67.8 Å². The zero-order valence-corrected chi connectivity index (χ0v) is 17.8. The Morgan fingerprint density at radius 1 is 1.07 bits per heavy atom. The predicted octanol–water partition coefficient (Wildman–Crippen LogP) is 5.74. The zero-order chi connectivity index (χ0) is 21.8. The minimum Gasteiger partial charge on any atom is -0.496 e. The van der Waals surface area contributed by atoms with Crippen LogP contribution in [0.2, 0.25) is 0 Å². The molecular weight excluding hydrogens is 385 g/mol. The van der Waals surface area contributed by atoms with Crippen molar-refractivity contribution in [2.24, 2.45) is 0 Å². The summed E-state index contributed by atoms with van der Waals surface area (Å²) in [4.78, 5) is 11.0. The fourth-order valence-electron chi connectivity index (χ4n) is 4.23. The molecule has 5 nitrogen and oxygen atoms in total. The Morgan fingerprint density at radius 2 is 1.67 bits per heavy atom. The van der Waals surface area contributed by atoms with Crippen molar-refractivity contribution in [2.75, 3.05) is 19.5 Å². The van der Waals surface area contributed by atoms with Crippen LogP contribution in [0.15, 0.2) is 30.1 Å². The summed E-state index contributed by atoms with van der Waals surface area (Å²) in [6.07, 6.45) is 5.92. The summed E-state index contributed by atoms with van der Waals surface area (Å²) < 4.78 is 25.1. The lowest BCUT2D eigenvalue weighted by atomic mass is 9.91. The first kappa shape index (κ1) is 21.7. The average molecular weight is 413 g/mol. The summed E-state index contributed by atoms with van der Waals surface area (Å²) in [6.45, 7) is 3.62. The predicted molar refractivity (Wildman–Crippen MR) is 117 cm³/mol. The number of hydrogen-bond donors (Lipinski definition) is 2. The van der Waals surface area contributed by atoms with Crippen molar-refractivity contribution in [3.05, 3.63) is 46.8 Å². The first-order valence-electron chi connectivity index (χ1n) is 10.1. The second-order valence-electron chi connectivity index (χ2n) is 7.61. The molecule has 30 heavy (non-hydrogen) atoms. The summed E-state index contributed by atoms with van der Waals surface area (Å²) in [5.74, 6) is -1.89. The van der Waals surface area contributed by atoms with Gasteiger partial charge in [0, 0.05) is 34.0 Å². The van der Waals surface area contributed by atoms with Crippen molar-refractivity contribution in [1.29, 1.82) is 0 Å². The molecule has 0 heterocycles. The number of ether oxygens (including phenoxy) is 2. The van der Waals surface area contributed by atoms with Crippen molar-refractivity contribution in [1.82, 2.24) is 0 Å². The molecule has 0 unspecified atom stereocenters. The van der Waals surface area contributed by atoms with E-state index in [1.807, 2.05) is 31.2 Å². The van der Waals surface area contributed by atoms with E-state index in [2.05, 4.69) is 5.32 Å². The second-order valence-corrected chi connectivity index (χ2v) is 7.61. The van der Waals surface area contributed by atoms with Crippen LogP contribution in [0.4, 0.5) is 10.1 Å². The molecule has 0 saturated heterocycles. The largest absolute Gasteiger partial charge is 0.496 e. The van der Waals surface area contributed by atoms with Crippen molar-refractivity contribution in [3.63, 3.8) is 0 Å². The van der Waals surface area contributed by atoms with Crippen LogP contribution in [-0.4, -0.2) is 31.3 Å². The quantitative estimate of drug-likeness (QED) is 0.567. The standard InChI is InChI=1S/C24H28FNO4/c1-14-19(13-20(25)24(27)28)22(29-3)15(2)21(23(14)30-4)16-9-11-18(12-10-16)26-17-7-5-6-8-17/h9-13,17,26H,5-8H2,1-4H3,(H,27,28). The maximum absolute atomic E-state index is 13.9. The Kier molecular flexibility index (Phi) is 6.65. The summed E-state index contributed by atoms with van der Waals surface area (Å²) in [5, 5.41) is 12.5. The molecule has 3 rings (SSSR count). The Balaban J connectivity index is 2.07. The van der Waals surface area contributed by atoms with E-state index in [0.29, 0.717) is 28.7 Å². The summed E-state index contributed by atoms with van der Waals surface area (Å²) in [5.41, 5.74) is 4.58. The van der Waals surface area contributed by atoms with Gasteiger partial charge < -0.3 is 19.9 Å². The molecule has 0 radical (unpaired) electrons. The van der Waals surface area contributed by atoms with E-state index in [4.69, 9.17) is 14.6 Å². The molecule has 2 N–H and O–H groups in total. The number of benzene rings is 2. The summed E-state index contributed by atoms with van der Waals surface area (Å²) in [7, 11) is 3.04. The number of anilines is 1. The lowest BCUT2D eigenvalue weighted by molar-refractivity contribution is -0.134. The molecule has 0 spiro atoms. The lowest BCUT2D eigenvalue weighted by Gasteiger charge is -2.21. The highest BCUT2D eigenvalue weighted by atomic mass is 19.1. The van der Waals surface area contributed by atoms with Gasteiger partial charge in [0.1, 0.15) is 11.5 Å². The van der Waals surface area contributed by atoms with Gasteiger partial charge in [0.15, 0.2) is 0 Å². The lowest BCUT2D eigenvalue weighted by Crippen LogP contribution is -2.14. The Labute approximate surface area is 176 Å². The van der Waals surface area contributed by atoms with Gasteiger partial charge in [0.25, 0.3) is 0 Å². The molecule has 2 aromatic carbocycles. The number of halogens is 1. The number of nitrogens with one attached hydrogen (secondary N) is 1. The smallest absolute Gasteiger partial charge is 0.364 e. The van der Waals surface area contributed by atoms with E-state index in [-0.39, 0.29) is 0 Å². The van der Waals surface area contributed by atoms with Gasteiger partial charge in [0.2, 0.25) is 5.83 Å². The molecular formula is C24H28FNO4. The molecule has 2 aromatic rings. The van der Waals surface area contributed by atoms with E-state index in [1.165, 1.54) is 32.8 Å². The SMILES string of the molecule is COc1c(C)c(-c2ccc(NC3CCCC3)cc2)c(OC)c(C)c1C=C(F)C(=O)O. The molecule has 0 atom stereocenters. The van der Waals surface area contributed by atoms with Gasteiger partial charge in [0.05, 0.1) is 14.2 Å². The van der Waals surface area contributed by atoms with Crippen LogP contribution in [0.25, 0.3) is 17.2 Å². The summed E-state index contributed by atoms with van der Waals surface area (Å²) in [6, 6.07) is 8.67. The maximum Gasteiger partial charge on any atom is 0.364 e. The van der Waals surface area contributed by atoms with Crippen LogP contribution >= 0.6 is 0 Å². The molecule has 160 valence electrons. The molecule has 0 aromatic heterocycles. The number of carboxylic acids is 1. The van der Waals surface area contributed by atoms with Crippen molar-refractivity contribution in [2.45, 2.75) is 45.6 Å². The van der Waals surface area contributed by atoms with Crippen LogP contribution < -0.4 is 14.8 Å². The number of methoxy groups -OCH3 is 2. The minimum atomic E-state index is -1.62. The van der Waals surface area contributed by atoms with Gasteiger partial charge in [-0.2, -0.15) is 4.39 Å². The maximum atomic E-state index is 13.9. The van der Waals surface area contributed by atoms with Crippen LogP contribution in [0.1, 0.15) is 42.4 Å². The molecule has 0 aliphatic heterocycles. The number of hydrogen-bond acceptors (Lipinski definition) is 4. The van der Waals surface area contributed by atoms with Gasteiger partial charge in [-0.25, -0.2) is 4.79 Å². The first-order valence-corrected chi connectivity index (χ1v) is 10.1. The second kappa shape index (κ2) is 9.20. The van der Waals surface area contributed by atoms with Gasteiger partial charge in [-0.3, -0.25) is 0 Å². The summed E-state index contributed by atoms with van der Waals surface area (Å²) >= 11 is 0. The fraction of sp³-hybridized carbons (Fsp3) is 0.375. The number of carboxylic acid groups (broad SMARTS) is 1. The van der Waals surface area contributed by atoms with Crippen molar-refractivity contribution >= 4 is 17.7 Å². The van der Waals surface area contributed by atoms with Gasteiger partial charge >= 0.3 is 5.97 Å². The van der Waals surface area contributed by atoms with E-state index < -0.39 is 11.8 Å². The van der Waals surface area contributed by atoms with Crippen LogP contribution in [0.3, 0.4) is 0 Å². The third-order valence-electron chi connectivity index (χ3n) is 5.72. The zero-order valence-electron chi connectivity index (χ0n) is 17.8. The van der Waals surface area contributed by atoms with Gasteiger partial charge in [-0.15, -0.1) is 0 Å². The van der Waals surface area contributed by atoms with Gasteiger partial charge in [-0.05, 0) is 50.5 Å². The normalized spacial score (nSPS) is 14.6. The Bertz CT molecular complexity index is 960. The van der Waals surface area contributed by atoms with Crippen LogP contribution in [0, 0.1) is 13.8 Å². The third kappa shape index (κ3) is 4.27. The van der Waals surface area contributed by atoms with E-state index >= 15 is 0 Å². The van der Waals surface area contributed by atoms with Crippen molar-refractivity contribution in [3.8, 4) is 22.6 Å². The molecule has 0 bridgehead atoms. The fourth-order valence-corrected chi connectivity index (χ4v) is 4.23. The molecule has 1 fully saturated rings. The highest BCUT2D eigenvalue weighted by molar-refractivity contribution is 5.92. The number of carbonyl (C=O) groups is 1. The third-order valence-corrected chi connectivity index (χ3v) is 5.72. The number of aliphatic carboxylic acids is 1.